The number of carbonyl (C=O) groups excluding carboxylic acids is 1. The number of benzene rings is 1. The van der Waals surface area contributed by atoms with Gasteiger partial charge in [-0.15, -0.1) is 11.3 Å². The lowest BCUT2D eigenvalue weighted by Gasteiger charge is -2.31. The zero-order valence-corrected chi connectivity index (χ0v) is 23.8. The molecule has 2 N–H and O–H groups in total. The summed E-state index contributed by atoms with van der Waals surface area (Å²) in [4.78, 5) is 26.3. The number of aromatic nitrogens is 2. The smallest absolute Gasteiger partial charge is 0.233 e. The molecular weight excluding hydrogens is 488 g/mol. The van der Waals surface area contributed by atoms with E-state index < -0.39 is 5.41 Å². The van der Waals surface area contributed by atoms with Crippen molar-refractivity contribution in [1.29, 1.82) is 0 Å². The molecule has 1 aromatic carbocycles. The van der Waals surface area contributed by atoms with Gasteiger partial charge in [0.2, 0.25) is 5.91 Å². The second kappa shape index (κ2) is 9.97. The minimum absolute atomic E-state index is 0.304. The third-order valence-electron chi connectivity index (χ3n) is 8.59. The van der Waals surface area contributed by atoms with E-state index in [2.05, 4.69) is 84.3 Å². The Morgan fingerprint density at radius 3 is 2.37 bits per heavy atom. The normalized spacial score (nSPS) is 19.1. The monoisotopic (exact) mass is 526 g/mol. The Balaban J connectivity index is 1.31. The fraction of sp³-hybridized carbons (Fsp3) is 0.438. The Bertz CT molecular complexity index is 1430. The Kier molecular flexibility index (Phi) is 6.65. The second-order valence-electron chi connectivity index (χ2n) is 11.8. The molecule has 2 aliphatic rings. The molecule has 6 heteroatoms. The van der Waals surface area contributed by atoms with E-state index >= 15 is 0 Å². The molecule has 4 aromatic rings. The average molecular weight is 527 g/mol. The zero-order chi connectivity index (χ0) is 26.4. The molecule has 0 unspecified atom stereocenters. The van der Waals surface area contributed by atoms with Crippen LogP contribution in [0.1, 0.15) is 66.7 Å². The van der Waals surface area contributed by atoms with Gasteiger partial charge in [0.25, 0.3) is 0 Å². The van der Waals surface area contributed by atoms with Gasteiger partial charge >= 0.3 is 0 Å². The maximum atomic E-state index is 13.8. The van der Waals surface area contributed by atoms with Gasteiger partial charge in [0.05, 0.1) is 11.1 Å². The van der Waals surface area contributed by atoms with Crippen molar-refractivity contribution in [2.45, 2.75) is 83.8 Å². The van der Waals surface area contributed by atoms with Crippen LogP contribution >= 0.6 is 11.3 Å². The van der Waals surface area contributed by atoms with Crippen molar-refractivity contribution in [2.24, 2.45) is 0 Å². The molecule has 6 rings (SSSR count). The summed E-state index contributed by atoms with van der Waals surface area (Å²) in [7, 11) is 0. The van der Waals surface area contributed by atoms with Crippen molar-refractivity contribution in [3.05, 3.63) is 75.9 Å². The summed E-state index contributed by atoms with van der Waals surface area (Å²) < 4.78 is 0. The third kappa shape index (κ3) is 4.58. The maximum Gasteiger partial charge on any atom is 0.233 e. The number of amides is 1. The standard InChI is InChI=1S/C32H38N4OS/c1-20-15-21(2)17-23(16-20)29-27(19-34-14-11-22-9-12-33-13-10-22)26-18-28(38-30(26)35-29)32(3,4)31(37)36-24-5-6-25(36)8-7-24/h9-10,12-13,15-18,24-25,34-35H,5-8,11,14,19H2,1-4H3. The highest BCUT2D eigenvalue weighted by molar-refractivity contribution is 7.19. The zero-order valence-electron chi connectivity index (χ0n) is 22.9. The molecule has 1 amide bonds. The molecule has 2 bridgehead atoms. The second-order valence-corrected chi connectivity index (χ2v) is 12.8. The number of nitrogens with one attached hydrogen (secondary N) is 2. The summed E-state index contributed by atoms with van der Waals surface area (Å²) in [6.45, 7) is 10.2. The quantitative estimate of drug-likeness (QED) is 0.252. The minimum Gasteiger partial charge on any atom is -0.346 e. The molecule has 5 nitrogen and oxygen atoms in total. The molecule has 38 heavy (non-hydrogen) atoms. The van der Waals surface area contributed by atoms with Crippen LogP contribution in [0.4, 0.5) is 0 Å². The predicted octanol–water partition coefficient (Wildman–Crippen LogP) is 6.67. The van der Waals surface area contributed by atoms with Crippen LogP contribution in [0.2, 0.25) is 0 Å². The topological polar surface area (TPSA) is 61.0 Å². The number of hydrogen-bond acceptors (Lipinski definition) is 4. The van der Waals surface area contributed by atoms with E-state index in [9.17, 15) is 4.79 Å². The SMILES string of the molecule is Cc1cc(C)cc(-c2[nH]c3sc(C(C)(C)C(=O)N4C5CCC4CC5)cc3c2CNCCc2ccncc2)c1. The van der Waals surface area contributed by atoms with Crippen molar-refractivity contribution in [3.63, 3.8) is 0 Å². The van der Waals surface area contributed by atoms with Crippen molar-refractivity contribution < 1.29 is 4.79 Å². The first-order chi connectivity index (χ1) is 18.3. The Labute approximate surface area is 229 Å². The largest absolute Gasteiger partial charge is 0.346 e. The highest BCUT2D eigenvalue weighted by Gasteiger charge is 2.47. The molecule has 0 radical (unpaired) electrons. The number of hydrogen-bond donors (Lipinski definition) is 2. The molecular formula is C32H38N4OS. The van der Waals surface area contributed by atoms with Crippen LogP contribution in [0.15, 0.2) is 48.8 Å². The van der Waals surface area contributed by atoms with Gasteiger partial charge in [-0.2, -0.15) is 0 Å². The molecule has 2 fully saturated rings. The Morgan fingerprint density at radius 1 is 1.05 bits per heavy atom. The highest BCUT2D eigenvalue weighted by Crippen LogP contribution is 2.44. The lowest BCUT2D eigenvalue weighted by molar-refractivity contribution is -0.137. The molecule has 0 saturated carbocycles. The van der Waals surface area contributed by atoms with Crippen molar-refractivity contribution in [3.8, 4) is 11.3 Å². The van der Waals surface area contributed by atoms with Gasteiger partial charge in [-0.3, -0.25) is 9.78 Å². The molecule has 0 aliphatic carbocycles. The van der Waals surface area contributed by atoms with Gasteiger partial charge in [-0.25, -0.2) is 0 Å². The van der Waals surface area contributed by atoms with Crippen LogP contribution in [0.3, 0.4) is 0 Å². The van der Waals surface area contributed by atoms with Gasteiger partial charge in [0, 0.05) is 46.8 Å². The van der Waals surface area contributed by atoms with E-state index in [1.54, 1.807) is 11.3 Å². The number of aromatic amines is 1. The predicted molar refractivity (Wildman–Crippen MR) is 157 cm³/mol. The first kappa shape index (κ1) is 25.3. The minimum atomic E-state index is -0.526. The summed E-state index contributed by atoms with van der Waals surface area (Å²) in [5.74, 6) is 0.304. The fourth-order valence-electron chi connectivity index (χ4n) is 6.56. The molecule has 3 aromatic heterocycles. The highest BCUT2D eigenvalue weighted by atomic mass is 32.1. The summed E-state index contributed by atoms with van der Waals surface area (Å²) in [5.41, 5.74) is 6.98. The number of aryl methyl sites for hydroxylation is 2. The number of H-pyrrole nitrogens is 1. The third-order valence-corrected chi connectivity index (χ3v) is 9.96. The summed E-state index contributed by atoms with van der Waals surface area (Å²) in [5, 5.41) is 4.93. The van der Waals surface area contributed by atoms with E-state index in [0.29, 0.717) is 18.0 Å². The van der Waals surface area contributed by atoms with E-state index in [4.69, 9.17) is 0 Å². The molecule has 0 spiro atoms. The molecule has 2 saturated heterocycles. The summed E-state index contributed by atoms with van der Waals surface area (Å²) in [6.07, 6.45) is 9.36. The van der Waals surface area contributed by atoms with Crippen LogP contribution in [0.5, 0.6) is 0 Å². The van der Waals surface area contributed by atoms with Gasteiger partial charge in [0.1, 0.15) is 4.83 Å². The number of pyridine rings is 1. The summed E-state index contributed by atoms with van der Waals surface area (Å²) in [6, 6.07) is 14.1. The molecule has 198 valence electrons. The van der Waals surface area contributed by atoms with Crippen molar-refractivity contribution in [2.75, 3.05) is 6.54 Å². The number of nitrogens with zero attached hydrogens (tertiary/aromatic N) is 2. The maximum absolute atomic E-state index is 13.8. The average Bonchev–Trinajstić information content (AvgIpc) is 3.67. The van der Waals surface area contributed by atoms with Gasteiger partial charge in [0.15, 0.2) is 0 Å². The first-order valence-corrected chi connectivity index (χ1v) is 14.8. The van der Waals surface area contributed by atoms with E-state index in [0.717, 1.165) is 29.2 Å². The molecule has 0 atom stereocenters. The lowest BCUT2D eigenvalue weighted by Crippen LogP contribution is -2.45. The van der Waals surface area contributed by atoms with Crippen LogP contribution in [-0.4, -0.2) is 39.4 Å². The summed E-state index contributed by atoms with van der Waals surface area (Å²) >= 11 is 1.75. The molecule has 5 heterocycles. The fourth-order valence-corrected chi connectivity index (χ4v) is 7.74. The van der Waals surface area contributed by atoms with Gasteiger partial charge in [-0.05, 0) is 108 Å². The van der Waals surface area contributed by atoms with E-state index in [1.165, 1.54) is 64.6 Å². The van der Waals surface area contributed by atoms with E-state index in [1.807, 2.05) is 12.4 Å². The molecule has 2 aliphatic heterocycles. The van der Waals surface area contributed by atoms with Crippen LogP contribution in [-0.2, 0) is 23.2 Å². The van der Waals surface area contributed by atoms with Gasteiger partial charge in [-0.1, -0.05) is 17.2 Å². The van der Waals surface area contributed by atoms with Crippen molar-refractivity contribution in [1.82, 2.24) is 20.2 Å². The van der Waals surface area contributed by atoms with E-state index in [-0.39, 0.29) is 0 Å². The van der Waals surface area contributed by atoms with Crippen molar-refractivity contribution >= 4 is 27.5 Å². The number of fused-ring (bicyclic) bond motifs is 3. The first-order valence-electron chi connectivity index (χ1n) is 14.0. The van der Waals surface area contributed by atoms with Crippen LogP contribution < -0.4 is 5.32 Å². The van der Waals surface area contributed by atoms with Gasteiger partial charge < -0.3 is 15.2 Å². The number of carbonyl (C=O) groups is 1. The lowest BCUT2D eigenvalue weighted by atomic mass is 9.88. The van der Waals surface area contributed by atoms with Crippen LogP contribution in [0, 0.1) is 13.8 Å². The number of rotatable bonds is 8. The number of thiophene rings is 1. The van der Waals surface area contributed by atoms with Crippen LogP contribution in [0.25, 0.3) is 21.5 Å². The Morgan fingerprint density at radius 2 is 1.71 bits per heavy atom. The Hall–Kier alpha value is -2.96.